The maximum absolute atomic E-state index is 12.6. The van der Waals surface area contributed by atoms with Crippen molar-refractivity contribution in [2.24, 2.45) is 7.05 Å². The first-order valence-corrected chi connectivity index (χ1v) is 9.31. The van der Waals surface area contributed by atoms with Crippen molar-refractivity contribution in [1.29, 1.82) is 0 Å². The van der Waals surface area contributed by atoms with Gasteiger partial charge in [-0.25, -0.2) is 9.78 Å². The highest BCUT2D eigenvalue weighted by Crippen LogP contribution is 2.24. The lowest BCUT2D eigenvalue weighted by Gasteiger charge is -2.13. The number of amides is 1. The van der Waals surface area contributed by atoms with E-state index in [4.69, 9.17) is 23.2 Å². The molecule has 0 saturated carbocycles. The third-order valence-electron chi connectivity index (χ3n) is 4.32. The van der Waals surface area contributed by atoms with Crippen LogP contribution in [0.25, 0.3) is 11.4 Å². The van der Waals surface area contributed by atoms with E-state index in [1.54, 1.807) is 24.3 Å². The van der Waals surface area contributed by atoms with Gasteiger partial charge < -0.3 is 15.5 Å². The topological polar surface area (TPSA) is 122 Å². The number of aromatic hydroxyl groups is 1. The van der Waals surface area contributed by atoms with Gasteiger partial charge in [0.1, 0.15) is 5.82 Å². The van der Waals surface area contributed by atoms with Crippen LogP contribution in [-0.4, -0.2) is 31.6 Å². The zero-order valence-corrected chi connectivity index (χ0v) is 17.0. The van der Waals surface area contributed by atoms with E-state index >= 15 is 0 Å². The third kappa shape index (κ3) is 4.14. The number of aromatic carboxylic acids is 1. The van der Waals surface area contributed by atoms with Crippen LogP contribution in [-0.2, 0) is 13.6 Å². The molecule has 2 aromatic carbocycles. The molecule has 0 radical (unpaired) electrons. The summed E-state index contributed by atoms with van der Waals surface area (Å²) in [5.41, 5.74) is -0.748. The van der Waals surface area contributed by atoms with Crippen molar-refractivity contribution in [2.75, 3.05) is 0 Å². The molecule has 0 bridgehead atoms. The van der Waals surface area contributed by atoms with E-state index in [9.17, 15) is 24.6 Å². The van der Waals surface area contributed by atoms with Gasteiger partial charge in [0.2, 0.25) is 5.75 Å². The minimum absolute atomic E-state index is 0.0348. The predicted molar refractivity (Wildman–Crippen MR) is 111 cm³/mol. The fourth-order valence-corrected chi connectivity index (χ4v) is 3.09. The first-order chi connectivity index (χ1) is 14.2. The van der Waals surface area contributed by atoms with Gasteiger partial charge in [-0.3, -0.25) is 14.2 Å². The molecule has 0 atom stereocenters. The largest absolute Gasteiger partial charge is 0.501 e. The van der Waals surface area contributed by atoms with Crippen LogP contribution in [0, 0.1) is 0 Å². The molecule has 0 spiro atoms. The Balaban J connectivity index is 1.99. The molecular weight excluding hydrogens is 433 g/mol. The molecule has 1 amide bonds. The quantitative estimate of drug-likeness (QED) is 0.552. The lowest BCUT2D eigenvalue weighted by molar-refractivity contribution is 0.0697. The molecule has 0 saturated heterocycles. The minimum atomic E-state index is -1.22. The molecule has 1 heterocycles. The van der Waals surface area contributed by atoms with E-state index in [-0.39, 0.29) is 23.5 Å². The number of nitrogens with one attached hydrogen (secondary N) is 1. The van der Waals surface area contributed by atoms with Crippen LogP contribution in [0.5, 0.6) is 5.75 Å². The second-order valence-electron chi connectivity index (χ2n) is 6.28. The van der Waals surface area contributed by atoms with E-state index in [1.165, 1.54) is 25.2 Å². The summed E-state index contributed by atoms with van der Waals surface area (Å²) in [6.45, 7) is 0.0348. The molecule has 0 aliphatic rings. The Bertz CT molecular complexity index is 1220. The molecule has 0 aliphatic heterocycles. The Hall–Kier alpha value is -3.36. The van der Waals surface area contributed by atoms with Crippen molar-refractivity contribution >= 4 is 35.1 Å². The Kier molecular flexibility index (Phi) is 6.09. The predicted octanol–water partition coefficient (Wildman–Crippen LogP) is 3.09. The highest BCUT2D eigenvalue weighted by atomic mass is 35.5. The molecule has 3 rings (SSSR count). The maximum Gasteiger partial charge on any atom is 0.336 e. The molecule has 0 aliphatic carbocycles. The second-order valence-corrected chi connectivity index (χ2v) is 7.09. The number of benzene rings is 2. The highest BCUT2D eigenvalue weighted by molar-refractivity contribution is 6.42. The summed E-state index contributed by atoms with van der Waals surface area (Å²) in [5, 5.41) is 22.8. The van der Waals surface area contributed by atoms with E-state index in [2.05, 4.69) is 10.3 Å². The van der Waals surface area contributed by atoms with Gasteiger partial charge in [0.15, 0.2) is 5.69 Å². The van der Waals surface area contributed by atoms with Crippen LogP contribution in [0.3, 0.4) is 0 Å². The maximum atomic E-state index is 12.6. The Morgan fingerprint density at radius 1 is 1.13 bits per heavy atom. The molecule has 3 N–H and O–H groups in total. The fraction of sp³-hybridized carbons (Fsp3) is 0.100. The fourth-order valence-electron chi connectivity index (χ4n) is 2.77. The molecule has 0 unspecified atom stereocenters. The van der Waals surface area contributed by atoms with E-state index in [0.29, 0.717) is 15.6 Å². The monoisotopic (exact) mass is 447 g/mol. The summed E-state index contributed by atoms with van der Waals surface area (Å²) in [7, 11) is 1.32. The van der Waals surface area contributed by atoms with Crippen molar-refractivity contribution in [2.45, 2.75) is 6.54 Å². The van der Waals surface area contributed by atoms with Gasteiger partial charge in [0.25, 0.3) is 11.5 Å². The molecule has 10 heteroatoms. The van der Waals surface area contributed by atoms with Gasteiger partial charge in [0, 0.05) is 19.2 Å². The van der Waals surface area contributed by atoms with Crippen LogP contribution in [0.4, 0.5) is 0 Å². The first kappa shape index (κ1) is 21.4. The molecule has 8 nitrogen and oxygen atoms in total. The van der Waals surface area contributed by atoms with Gasteiger partial charge in [-0.15, -0.1) is 0 Å². The highest BCUT2D eigenvalue weighted by Gasteiger charge is 2.23. The Morgan fingerprint density at radius 2 is 1.83 bits per heavy atom. The molecule has 1 aromatic heterocycles. The molecule has 30 heavy (non-hydrogen) atoms. The second kappa shape index (κ2) is 8.56. The molecule has 154 valence electrons. The number of aromatic nitrogens is 2. The molecular formula is C20H15Cl2N3O5. The Morgan fingerprint density at radius 3 is 2.50 bits per heavy atom. The van der Waals surface area contributed by atoms with Crippen LogP contribution in [0.15, 0.2) is 47.3 Å². The SMILES string of the molecule is Cn1c(-c2ccccc2C(=O)O)nc(C(=O)NCc2ccc(Cl)c(Cl)c2)c(O)c1=O. The zero-order chi connectivity index (χ0) is 22.0. The van der Waals surface area contributed by atoms with E-state index in [0.717, 1.165) is 4.57 Å². The number of carbonyl (C=O) groups is 2. The zero-order valence-electron chi connectivity index (χ0n) is 15.5. The summed E-state index contributed by atoms with van der Waals surface area (Å²) < 4.78 is 0.979. The number of hydrogen-bond acceptors (Lipinski definition) is 5. The molecule has 0 fully saturated rings. The average molecular weight is 448 g/mol. The minimum Gasteiger partial charge on any atom is -0.501 e. The standard InChI is InChI=1S/C20H15Cl2N3O5/c1-25-17(11-4-2-3-5-12(11)20(29)30)24-15(16(26)19(25)28)18(27)23-9-10-6-7-13(21)14(22)8-10/h2-8,26H,9H2,1H3,(H,23,27)(H,29,30). The number of carboxylic acid groups (broad SMARTS) is 1. The summed E-state index contributed by atoms with van der Waals surface area (Å²) in [6.07, 6.45) is 0. The van der Waals surface area contributed by atoms with Gasteiger partial charge in [0.05, 0.1) is 15.6 Å². The lowest BCUT2D eigenvalue weighted by Crippen LogP contribution is -2.29. The Labute approximate surface area is 180 Å². The van der Waals surface area contributed by atoms with Crippen molar-refractivity contribution < 1.29 is 19.8 Å². The smallest absolute Gasteiger partial charge is 0.336 e. The van der Waals surface area contributed by atoms with Crippen LogP contribution in [0.2, 0.25) is 10.0 Å². The average Bonchev–Trinajstić information content (AvgIpc) is 2.73. The number of halogens is 2. The number of nitrogens with zero attached hydrogens (tertiary/aromatic N) is 2. The van der Waals surface area contributed by atoms with Crippen molar-refractivity contribution in [3.63, 3.8) is 0 Å². The number of rotatable bonds is 5. The van der Waals surface area contributed by atoms with Crippen LogP contribution < -0.4 is 10.9 Å². The first-order valence-electron chi connectivity index (χ1n) is 8.55. The van der Waals surface area contributed by atoms with Gasteiger partial charge >= 0.3 is 5.97 Å². The van der Waals surface area contributed by atoms with Crippen LogP contribution >= 0.6 is 23.2 Å². The third-order valence-corrected chi connectivity index (χ3v) is 5.06. The van der Waals surface area contributed by atoms with Gasteiger partial charge in [-0.2, -0.15) is 0 Å². The summed E-state index contributed by atoms with van der Waals surface area (Å²) >= 11 is 11.8. The normalized spacial score (nSPS) is 10.6. The lowest BCUT2D eigenvalue weighted by atomic mass is 10.1. The number of carbonyl (C=O) groups excluding carboxylic acids is 1. The van der Waals surface area contributed by atoms with Gasteiger partial charge in [-0.05, 0) is 23.8 Å². The van der Waals surface area contributed by atoms with Crippen molar-refractivity contribution in [1.82, 2.24) is 14.9 Å². The summed E-state index contributed by atoms with van der Waals surface area (Å²) in [6, 6.07) is 10.7. The molecule has 3 aromatic rings. The van der Waals surface area contributed by atoms with Crippen molar-refractivity contribution in [3.8, 4) is 17.1 Å². The van der Waals surface area contributed by atoms with Crippen molar-refractivity contribution in [3.05, 3.63) is 79.7 Å². The summed E-state index contributed by atoms with van der Waals surface area (Å²) in [5.74, 6) is -2.96. The summed E-state index contributed by atoms with van der Waals surface area (Å²) in [4.78, 5) is 40.6. The number of hydrogen-bond donors (Lipinski definition) is 3. The van der Waals surface area contributed by atoms with Crippen LogP contribution in [0.1, 0.15) is 26.4 Å². The van der Waals surface area contributed by atoms with E-state index in [1.807, 2.05) is 0 Å². The van der Waals surface area contributed by atoms with E-state index < -0.39 is 28.9 Å². The van der Waals surface area contributed by atoms with Gasteiger partial charge in [-0.1, -0.05) is 47.5 Å². The number of carboxylic acids is 1.